The lowest BCUT2D eigenvalue weighted by molar-refractivity contribution is 0.0898. The number of nitrogens with one attached hydrogen (secondary N) is 2. The summed E-state index contributed by atoms with van der Waals surface area (Å²) in [5.74, 6) is 0.734. The third-order valence-electron chi connectivity index (χ3n) is 4.93. The van der Waals surface area contributed by atoms with Gasteiger partial charge in [-0.2, -0.15) is 0 Å². The lowest BCUT2D eigenvalue weighted by Gasteiger charge is -2.35. The number of carbonyl (C=O) groups excluding carboxylic acids is 1. The second-order valence-electron chi connectivity index (χ2n) is 6.92. The maximum atomic E-state index is 12.5. The summed E-state index contributed by atoms with van der Waals surface area (Å²) in [4.78, 5) is 31.3. The molecule has 0 aromatic carbocycles. The molecule has 4 rings (SSSR count). The van der Waals surface area contributed by atoms with E-state index in [1.165, 1.54) is 0 Å². The molecule has 0 unspecified atom stereocenters. The molecule has 0 saturated heterocycles. The number of hydrogen-bond donors (Lipinski definition) is 2. The van der Waals surface area contributed by atoms with Crippen molar-refractivity contribution in [2.24, 2.45) is 0 Å². The van der Waals surface area contributed by atoms with Crippen LogP contribution in [0.25, 0.3) is 0 Å². The molecule has 0 spiro atoms. The second kappa shape index (κ2) is 6.48. The van der Waals surface area contributed by atoms with Crippen molar-refractivity contribution < 1.29 is 9.53 Å². The predicted molar refractivity (Wildman–Crippen MR) is 91.5 cm³/mol. The zero-order chi connectivity index (χ0) is 17.4. The van der Waals surface area contributed by atoms with Gasteiger partial charge in [-0.05, 0) is 37.8 Å². The highest BCUT2D eigenvalue weighted by Crippen LogP contribution is 2.37. The standard InChI is InChI=1S/C18H22N4O3/c1-25-10-16-20-14(9-17(23)21-16)11-7-12(8-11)19-18(24)15-3-2-6-22(15)13-4-5-13/h2-3,6,9,11-13H,4-5,7-8,10H2,1H3,(H,19,24)(H,20,21,23). The lowest BCUT2D eigenvalue weighted by Crippen LogP contribution is -2.44. The summed E-state index contributed by atoms with van der Waals surface area (Å²) >= 11 is 0. The van der Waals surface area contributed by atoms with Crippen LogP contribution in [0.3, 0.4) is 0 Å². The largest absolute Gasteiger partial charge is 0.377 e. The number of carbonyl (C=O) groups is 1. The zero-order valence-corrected chi connectivity index (χ0v) is 14.2. The Morgan fingerprint density at radius 1 is 1.44 bits per heavy atom. The highest BCUT2D eigenvalue weighted by Gasteiger charge is 2.34. The third-order valence-corrected chi connectivity index (χ3v) is 4.93. The summed E-state index contributed by atoms with van der Waals surface area (Å²) in [6.45, 7) is 0.286. The quantitative estimate of drug-likeness (QED) is 0.837. The minimum Gasteiger partial charge on any atom is -0.377 e. The molecule has 2 aliphatic carbocycles. The molecule has 0 radical (unpaired) electrons. The first-order chi connectivity index (χ1) is 12.1. The van der Waals surface area contributed by atoms with Crippen molar-refractivity contribution in [2.75, 3.05) is 7.11 Å². The van der Waals surface area contributed by atoms with Crippen molar-refractivity contribution in [2.45, 2.75) is 50.3 Å². The van der Waals surface area contributed by atoms with Gasteiger partial charge < -0.3 is 19.6 Å². The topological polar surface area (TPSA) is 89.0 Å². The molecule has 2 N–H and O–H groups in total. The van der Waals surface area contributed by atoms with Crippen LogP contribution in [0.15, 0.2) is 29.2 Å². The first-order valence-electron chi connectivity index (χ1n) is 8.71. The van der Waals surface area contributed by atoms with Gasteiger partial charge in [0.25, 0.3) is 11.5 Å². The molecule has 0 atom stereocenters. The van der Waals surface area contributed by atoms with Gasteiger partial charge in [-0.15, -0.1) is 0 Å². The molecule has 7 nitrogen and oxygen atoms in total. The van der Waals surface area contributed by atoms with Gasteiger partial charge in [0.15, 0.2) is 0 Å². The lowest BCUT2D eigenvalue weighted by atomic mass is 9.78. The highest BCUT2D eigenvalue weighted by molar-refractivity contribution is 5.93. The van der Waals surface area contributed by atoms with E-state index in [1.54, 1.807) is 13.2 Å². The zero-order valence-electron chi connectivity index (χ0n) is 14.2. The number of ether oxygens (including phenoxy) is 1. The summed E-state index contributed by atoms with van der Waals surface area (Å²) < 4.78 is 7.10. The van der Waals surface area contributed by atoms with Gasteiger partial charge in [-0.3, -0.25) is 9.59 Å². The average molecular weight is 342 g/mol. The molecule has 0 bridgehead atoms. The summed E-state index contributed by atoms with van der Waals surface area (Å²) in [5.41, 5.74) is 1.36. The van der Waals surface area contributed by atoms with Crippen LogP contribution in [-0.2, 0) is 11.3 Å². The number of aromatic nitrogens is 3. The summed E-state index contributed by atoms with van der Waals surface area (Å²) in [6, 6.07) is 5.96. The van der Waals surface area contributed by atoms with Gasteiger partial charge >= 0.3 is 0 Å². The van der Waals surface area contributed by atoms with E-state index in [2.05, 4.69) is 19.9 Å². The normalized spacial score (nSPS) is 22.4. The molecule has 2 aromatic heterocycles. The van der Waals surface area contributed by atoms with E-state index >= 15 is 0 Å². The van der Waals surface area contributed by atoms with Crippen molar-refractivity contribution in [3.05, 3.63) is 52.0 Å². The van der Waals surface area contributed by atoms with Gasteiger partial charge in [0.1, 0.15) is 18.1 Å². The Labute approximate surface area is 145 Å². The van der Waals surface area contributed by atoms with Crippen molar-refractivity contribution in [1.82, 2.24) is 19.9 Å². The van der Waals surface area contributed by atoms with Crippen molar-refractivity contribution in [1.29, 1.82) is 0 Å². The van der Waals surface area contributed by atoms with E-state index in [-0.39, 0.29) is 30.0 Å². The molecule has 0 aliphatic heterocycles. The number of H-pyrrole nitrogens is 1. The van der Waals surface area contributed by atoms with E-state index in [9.17, 15) is 9.59 Å². The molecule has 132 valence electrons. The van der Waals surface area contributed by atoms with E-state index in [1.807, 2.05) is 18.3 Å². The van der Waals surface area contributed by atoms with E-state index in [0.717, 1.165) is 37.1 Å². The van der Waals surface area contributed by atoms with Crippen LogP contribution in [0.4, 0.5) is 0 Å². The number of methoxy groups -OCH3 is 1. The molecule has 2 heterocycles. The molecular formula is C18H22N4O3. The van der Waals surface area contributed by atoms with Gasteiger partial charge in [0.2, 0.25) is 0 Å². The molecule has 2 aromatic rings. The van der Waals surface area contributed by atoms with Crippen LogP contribution in [0.1, 0.15) is 59.6 Å². The van der Waals surface area contributed by atoms with Crippen LogP contribution in [0, 0.1) is 0 Å². The van der Waals surface area contributed by atoms with Crippen molar-refractivity contribution in [3.8, 4) is 0 Å². The molecule has 25 heavy (non-hydrogen) atoms. The Hall–Kier alpha value is -2.41. The van der Waals surface area contributed by atoms with Gasteiger partial charge in [-0.1, -0.05) is 0 Å². The van der Waals surface area contributed by atoms with Gasteiger partial charge in [-0.25, -0.2) is 4.98 Å². The summed E-state index contributed by atoms with van der Waals surface area (Å²) in [7, 11) is 1.57. The van der Waals surface area contributed by atoms with Crippen LogP contribution in [0.5, 0.6) is 0 Å². The minimum absolute atomic E-state index is 0.0145. The molecule has 1 amide bonds. The first-order valence-corrected chi connectivity index (χ1v) is 8.71. The fourth-order valence-corrected chi connectivity index (χ4v) is 3.44. The Bertz CT molecular complexity index is 831. The van der Waals surface area contributed by atoms with Crippen LogP contribution in [0.2, 0.25) is 0 Å². The molecule has 2 saturated carbocycles. The third kappa shape index (κ3) is 3.37. The van der Waals surface area contributed by atoms with E-state index < -0.39 is 0 Å². The van der Waals surface area contributed by atoms with E-state index in [4.69, 9.17) is 4.74 Å². The second-order valence-corrected chi connectivity index (χ2v) is 6.92. The van der Waals surface area contributed by atoms with Crippen molar-refractivity contribution in [3.63, 3.8) is 0 Å². The van der Waals surface area contributed by atoms with Gasteiger partial charge in [0.05, 0.1) is 5.69 Å². The van der Waals surface area contributed by atoms with Crippen molar-refractivity contribution >= 4 is 5.91 Å². The summed E-state index contributed by atoms with van der Waals surface area (Å²) in [5, 5.41) is 3.10. The number of hydrogen-bond acceptors (Lipinski definition) is 4. The molecule has 2 aliphatic rings. The summed E-state index contributed by atoms with van der Waals surface area (Å²) in [6.07, 6.45) is 5.89. The number of amides is 1. The minimum atomic E-state index is -0.160. The molecule has 7 heteroatoms. The van der Waals surface area contributed by atoms with Crippen LogP contribution >= 0.6 is 0 Å². The predicted octanol–water partition coefficient (Wildman–Crippen LogP) is 1.73. The number of rotatable bonds is 6. The molecular weight excluding hydrogens is 320 g/mol. The fraction of sp³-hybridized carbons (Fsp3) is 0.500. The maximum absolute atomic E-state index is 12.5. The Morgan fingerprint density at radius 2 is 2.24 bits per heavy atom. The Morgan fingerprint density at radius 3 is 2.96 bits per heavy atom. The van der Waals surface area contributed by atoms with Crippen LogP contribution < -0.4 is 10.9 Å². The van der Waals surface area contributed by atoms with Crippen LogP contribution in [-0.4, -0.2) is 33.6 Å². The highest BCUT2D eigenvalue weighted by atomic mass is 16.5. The SMILES string of the molecule is COCc1nc(C2CC(NC(=O)c3cccn3C3CC3)C2)cc(=O)[nH]1. The Kier molecular flexibility index (Phi) is 4.17. The monoisotopic (exact) mass is 342 g/mol. The van der Waals surface area contributed by atoms with Gasteiger partial charge in [0, 0.05) is 37.4 Å². The smallest absolute Gasteiger partial charge is 0.268 e. The molecule has 2 fully saturated rings. The average Bonchev–Trinajstić information content (AvgIpc) is 3.26. The Balaban J connectivity index is 1.37. The maximum Gasteiger partial charge on any atom is 0.268 e. The fourth-order valence-electron chi connectivity index (χ4n) is 3.44. The first kappa shape index (κ1) is 16.1. The van der Waals surface area contributed by atoms with E-state index in [0.29, 0.717) is 11.9 Å². The number of nitrogens with zero attached hydrogens (tertiary/aromatic N) is 2. The number of aromatic amines is 1.